The second-order valence-electron chi connectivity index (χ2n) is 7.34. The first-order chi connectivity index (χ1) is 12.0. The fraction of sp³-hybridized carbons (Fsp3) is 0.722. The highest BCUT2D eigenvalue weighted by Crippen LogP contribution is 2.32. The molecule has 0 spiro atoms. The molecule has 1 saturated carbocycles. The number of rotatable bonds is 4. The van der Waals surface area contributed by atoms with E-state index in [0.29, 0.717) is 25.6 Å². The highest BCUT2D eigenvalue weighted by Gasteiger charge is 2.35. The zero-order chi connectivity index (χ0) is 17.9. The number of hydrogen-bond donors (Lipinski definition) is 1. The first kappa shape index (κ1) is 18.1. The summed E-state index contributed by atoms with van der Waals surface area (Å²) in [4.78, 5) is 25.1. The smallest absolute Gasteiger partial charge is 0.225 e. The number of ether oxygens (including phenoxy) is 1. The Balaban J connectivity index is 1.64. The van der Waals surface area contributed by atoms with E-state index in [9.17, 15) is 9.90 Å². The molecule has 1 N–H and O–H groups in total. The third kappa shape index (κ3) is 4.46. The van der Waals surface area contributed by atoms with Crippen LogP contribution in [0.3, 0.4) is 0 Å². The molecule has 2 heterocycles. The quantitative estimate of drug-likeness (QED) is 0.889. The minimum atomic E-state index is -0.823. The number of morpholine rings is 1. The lowest BCUT2D eigenvalue weighted by molar-refractivity contribution is -0.145. The van der Waals surface area contributed by atoms with E-state index in [4.69, 9.17) is 4.74 Å². The van der Waals surface area contributed by atoms with Gasteiger partial charge in [-0.15, -0.1) is 0 Å². The van der Waals surface area contributed by atoms with E-state index < -0.39 is 5.60 Å². The maximum absolute atomic E-state index is 12.7. The van der Waals surface area contributed by atoms with Crippen molar-refractivity contribution < 1.29 is 14.6 Å². The van der Waals surface area contributed by atoms with Crippen LogP contribution in [0.5, 0.6) is 0 Å². The Morgan fingerprint density at radius 3 is 2.88 bits per heavy atom. The van der Waals surface area contributed by atoms with Crippen molar-refractivity contribution in [2.45, 2.75) is 50.2 Å². The van der Waals surface area contributed by atoms with Gasteiger partial charge in [0.15, 0.2) is 0 Å². The molecule has 1 atom stereocenters. The Hall–Kier alpha value is -1.73. The summed E-state index contributed by atoms with van der Waals surface area (Å²) >= 11 is 0. The van der Waals surface area contributed by atoms with Crippen molar-refractivity contribution >= 4 is 11.9 Å². The summed E-state index contributed by atoms with van der Waals surface area (Å²) in [5.41, 5.74) is -0.0385. The normalized spacial score (nSPS) is 23.3. The summed E-state index contributed by atoms with van der Waals surface area (Å²) < 4.78 is 5.83. The number of nitrogens with zero attached hydrogens (tertiary/aromatic N) is 4. The molecule has 2 aliphatic rings. The fourth-order valence-corrected chi connectivity index (χ4v) is 3.59. The molecule has 7 nitrogen and oxygen atoms in total. The van der Waals surface area contributed by atoms with Gasteiger partial charge in [-0.1, -0.05) is 19.3 Å². The molecule has 25 heavy (non-hydrogen) atoms. The molecule has 138 valence electrons. The van der Waals surface area contributed by atoms with Crippen molar-refractivity contribution in [2.75, 3.05) is 38.7 Å². The number of amides is 1. The molecular weight excluding hydrogens is 320 g/mol. The van der Waals surface area contributed by atoms with Gasteiger partial charge >= 0.3 is 0 Å². The van der Waals surface area contributed by atoms with Gasteiger partial charge in [0, 0.05) is 26.8 Å². The minimum absolute atomic E-state index is 0.0135. The topological polar surface area (TPSA) is 78.8 Å². The van der Waals surface area contributed by atoms with Crippen molar-refractivity contribution in [1.29, 1.82) is 0 Å². The first-order valence-electron chi connectivity index (χ1n) is 9.09. The van der Waals surface area contributed by atoms with Crippen LogP contribution in [0.15, 0.2) is 12.3 Å². The van der Waals surface area contributed by atoms with Gasteiger partial charge in [-0.25, -0.2) is 9.97 Å². The number of aromatic nitrogens is 2. The van der Waals surface area contributed by atoms with Crippen molar-refractivity contribution in [2.24, 2.45) is 0 Å². The molecular formula is C18H28N4O3. The molecule has 0 radical (unpaired) electrons. The molecule has 1 aliphatic heterocycles. The van der Waals surface area contributed by atoms with Crippen LogP contribution in [0.2, 0.25) is 0 Å². The lowest BCUT2D eigenvalue weighted by atomic mass is 9.82. The minimum Gasteiger partial charge on any atom is -0.389 e. The maximum atomic E-state index is 12.7. The SMILES string of the molecule is CN(C)c1nccc([C@@H]2CN(C(=O)CC3(O)CCCCC3)CCO2)n1. The van der Waals surface area contributed by atoms with Crippen molar-refractivity contribution in [3.8, 4) is 0 Å². The second-order valence-corrected chi connectivity index (χ2v) is 7.34. The Morgan fingerprint density at radius 1 is 1.40 bits per heavy atom. The molecule has 7 heteroatoms. The van der Waals surface area contributed by atoms with Crippen LogP contribution in [-0.4, -0.2) is 65.3 Å². The van der Waals surface area contributed by atoms with E-state index in [2.05, 4.69) is 9.97 Å². The van der Waals surface area contributed by atoms with E-state index in [1.807, 2.05) is 25.1 Å². The number of hydrogen-bond acceptors (Lipinski definition) is 6. The van der Waals surface area contributed by atoms with Crippen LogP contribution in [0.1, 0.15) is 50.3 Å². The monoisotopic (exact) mass is 348 g/mol. The van der Waals surface area contributed by atoms with Crippen LogP contribution in [0, 0.1) is 0 Å². The summed E-state index contributed by atoms with van der Waals surface area (Å²) in [5.74, 6) is 0.639. The Bertz CT molecular complexity index is 602. The Labute approximate surface area is 149 Å². The second kappa shape index (κ2) is 7.66. The van der Waals surface area contributed by atoms with Gasteiger partial charge < -0.3 is 19.6 Å². The van der Waals surface area contributed by atoms with E-state index >= 15 is 0 Å². The molecule has 1 aromatic rings. The van der Waals surface area contributed by atoms with Gasteiger partial charge in [0.05, 0.1) is 30.9 Å². The lowest BCUT2D eigenvalue weighted by Crippen LogP contribution is -2.46. The highest BCUT2D eigenvalue weighted by molar-refractivity contribution is 5.77. The number of anilines is 1. The van der Waals surface area contributed by atoms with Crippen molar-refractivity contribution in [3.63, 3.8) is 0 Å². The zero-order valence-corrected chi connectivity index (χ0v) is 15.1. The maximum Gasteiger partial charge on any atom is 0.225 e. The Morgan fingerprint density at radius 2 is 2.16 bits per heavy atom. The van der Waals surface area contributed by atoms with Crippen LogP contribution in [-0.2, 0) is 9.53 Å². The average molecular weight is 348 g/mol. The van der Waals surface area contributed by atoms with Gasteiger partial charge in [-0.3, -0.25) is 4.79 Å². The molecule has 1 aromatic heterocycles. The van der Waals surface area contributed by atoms with Gasteiger partial charge in [0.1, 0.15) is 6.10 Å². The van der Waals surface area contributed by atoms with Crippen LogP contribution in [0.25, 0.3) is 0 Å². The van der Waals surface area contributed by atoms with E-state index in [1.165, 1.54) is 0 Å². The molecule has 0 bridgehead atoms. The first-order valence-corrected chi connectivity index (χ1v) is 9.09. The Kier molecular flexibility index (Phi) is 5.54. The molecule has 1 aliphatic carbocycles. The lowest BCUT2D eigenvalue weighted by Gasteiger charge is -2.37. The highest BCUT2D eigenvalue weighted by atomic mass is 16.5. The average Bonchev–Trinajstić information content (AvgIpc) is 2.62. The predicted octanol–water partition coefficient (Wildman–Crippen LogP) is 1.53. The number of carbonyl (C=O) groups excluding carboxylic acids is 1. The third-order valence-corrected chi connectivity index (χ3v) is 5.08. The molecule has 2 fully saturated rings. The summed E-state index contributed by atoms with van der Waals surface area (Å²) in [6.45, 7) is 1.52. The standard InChI is InChI=1S/C18H28N4O3/c1-21(2)17-19-9-6-14(20-17)15-13-22(10-11-25-15)16(23)12-18(24)7-4-3-5-8-18/h6,9,15,24H,3-5,7-8,10-13H2,1-2H3/t15-/m0/s1. The number of carbonyl (C=O) groups is 1. The van der Waals surface area contributed by atoms with Crippen molar-refractivity contribution in [1.82, 2.24) is 14.9 Å². The van der Waals surface area contributed by atoms with Crippen LogP contribution < -0.4 is 4.90 Å². The number of aliphatic hydroxyl groups is 1. The van der Waals surface area contributed by atoms with E-state index in [0.717, 1.165) is 37.8 Å². The largest absolute Gasteiger partial charge is 0.389 e. The van der Waals surface area contributed by atoms with Crippen molar-refractivity contribution in [3.05, 3.63) is 18.0 Å². The summed E-state index contributed by atoms with van der Waals surface area (Å²) in [6, 6.07) is 1.83. The molecule has 3 rings (SSSR count). The van der Waals surface area contributed by atoms with Gasteiger partial charge in [0.2, 0.25) is 11.9 Å². The third-order valence-electron chi connectivity index (χ3n) is 5.08. The van der Waals surface area contributed by atoms with Gasteiger partial charge in [0.25, 0.3) is 0 Å². The molecule has 1 saturated heterocycles. The van der Waals surface area contributed by atoms with Crippen LogP contribution >= 0.6 is 0 Å². The summed E-state index contributed by atoms with van der Waals surface area (Å²) in [5, 5.41) is 10.6. The van der Waals surface area contributed by atoms with E-state index in [1.54, 1.807) is 11.1 Å². The fourth-order valence-electron chi connectivity index (χ4n) is 3.59. The molecule has 1 amide bonds. The van der Waals surface area contributed by atoms with Gasteiger partial charge in [-0.2, -0.15) is 0 Å². The predicted molar refractivity (Wildman–Crippen MR) is 94.3 cm³/mol. The summed E-state index contributed by atoms with van der Waals surface area (Å²) in [7, 11) is 3.78. The van der Waals surface area contributed by atoms with E-state index in [-0.39, 0.29) is 18.4 Å². The molecule has 0 aromatic carbocycles. The molecule has 0 unspecified atom stereocenters. The summed E-state index contributed by atoms with van der Waals surface area (Å²) in [6.07, 6.45) is 6.29. The van der Waals surface area contributed by atoms with Gasteiger partial charge in [-0.05, 0) is 18.9 Å². The van der Waals surface area contributed by atoms with Crippen LogP contribution in [0.4, 0.5) is 5.95 Å². The zero-order valence-electron chi connectivity index (χ0n) is 15.1.